The highest BCUT2D eigenvalue weighted by Crippen LogP contribution is 2.24. The van der Waals surface area contributed by atoms with Crippen LogP contribution >= 0.6 is 0 Å². The molecule has 2 aliphatic rings. The Hall–Kier alpha value is -2.86. The van der Waals surface area contributed by atoms with Crippen molar-refractivity contribution in [3.05, 3.63) is 60.4 Å². The summed E-state index contributed by atoms with van der Waals surface area (Å²) in [5, 5.41) is 0. The van der Waals surface area contributed by atoms with Crippen LogP contribution in [0.15, 0.2) is 54.6 Å². The summed E-state index contributed by atoms with van der Waals surface area (Å²) in [4.78, 5) is 25.1. The summed E-state index contributed by atoms with van der Waals surface area (Å²) in [7, 11) is 0. The van der Waals surface area contributed by atoms with Crippen molar-refractivity contribution in [3.63, 3.8) is 0 Å². The molecule has 168 valence electrons. The van der Waals surface area contributed by atoms with E-state index in [1.165, 1.54) is 11.2 Å². The predicted octanol–water partition coefficient (Wildman–Crippen LogP) is 3.62. The number of piperazine rings is 1. The molecule has 5 rings (SSSR count). The first kappa shape index (κ1) is 21.0. The molecule has 0 radical (unpaired) electrons. The van der Waals surface area contributed by atoms with Crippen molar-refractivity contribution in [1.29, 1.82) is 0 Å². The fraction of sp³-hybridized carbons (Fsp3) is 0.462. The van der Waals surface area contributed by atoms with Crippen molar-refractivity contribution in [2.75, 3.05) is 44.2 Å². The third-order valence-corrected chi connectivity index (χ3v) is 6.98. The van der Waals surface area contributed by atoms with Crippen LogP contribution < -0.4 is 4.90 Å². The average molecular weight is 432 g/mol. The summed E-state index contributed by atoms with van der Waals surface area (Å²) < 4.78 is 2.31. The molecule has 0 unspecified atom stereocenters. The number of hydrogen-bond acceptors (Lipinski definition) is 4. The zero-order valence-corrected chi connectivity index (χ0v) is 19.0. The zero-order chi connectivity index (χ0) is 21.9. The van der Waals surface area contributed by atoms with Gasteiger partial charge in [0.2, 0.25) is 5.91 Å². The Labute approximate surface area is 190 Å². The topological polar surface area (TPSA) is 44.6 Å². The molecule has 6 heteroatoms. The van der Waals surface area contributed by atoms with Crippen molar-refractivity contribution in [1.82, 2.24) is 19.4 Å². The van der Waals surface area contributed by atoms with Crippen molar-refractivity contribution >= 4 is 22.6 Å². The van der Waals surface area contributed by atoms with Gasteiger partial charge < -0.3 is 14.4 Å². The molecule has 2 fully saturated rings. The van der Waals surface area contributed by atoms with Gasteiger partial charge >= 0.3 is 0 Å². The lowest BCUT2D eigenvalue weighted by Gasteiger charge is -2.39. The number of hydrogen-bond donors (Lipinski definition) is 0. The molecule has 1 amide bonds. The molecular weight excluding hydrogens is 398 g/mol. The highest BCUT2D eigenvalue weighted by molar-refractivity contribution is 5.79. The summed E-state index contributed by atoms with van der Waals surface area (Å²) in [6.45, 7) is 9.23. The lowest BCUT2D eigenvalue weighted by Crippen LogP contribution is -2.52. The smallest absolute Gasteiger partial charge is 0.227 e. The highest BCUT2D eigenvalue weighted by Gasteiger charge is 2.31. The number of benzene rings is 2. The van der Waals surface area contributed by atoms with E-state index in [0.29, 0.717) is 5.91 Å². The first-order valence-corrected chi connectivity index (χ1v) is 12.0. The number of amides is 1. The number of nitrogens with zero attached hydrogens (tertiary/aromatic N) is 5. The summed E-state index contributed by atoms with van der Waals surface area (Å²) in [5.74, 6) is 1.55. The minimum atomic E-state index is 0.103. The number of likely N-dealkylation sites (tertiary alicyclic amines) is 1. The van der Waals surface area contributed by atoms with Gasteiger partial charge in [0.1, 0.15) is 5.82 Å². The molecule has 32 heavy (non-hydrogen) atoms. The second kappa shape index (κ2) is 9.33. The summed E-state index contributed by atoms with van der Waals surface area (Å²) in [6.07, 6.45) is 2.07. The molecule has 2 aromatic carbocycles. The molecule has 0 N–H and O–H groups in total. The van der Waals surface area contributed by atoms with Crippen LogP contribution in [0, 0.1) is 5.92 Å². The minimum Gasteiger partial charge on any atom is -0.368 e. The van der Waals surface area contributed by atoms with Gasteiger partial charge in [-0.15, -0.1) is 0 Å². The van der Waals surface area contributed by atoms with Gasteiger partial charge in [0.15, 0.2) is 0 Å². The Morgan fingerprint density at radius 1 is 0.969 bits per heavy atom. The van der Waals surface area contributed by atoms with Gasteiger partial charge in [0.25, 0.3) is 0 Å². The molecule has 3 heterocycles. The van der Waals surface area contributed by atoms with E-state index in [-0.39, 0.29) is 5.92 Å². The molecule has 0 saturated carbocycles. The number of rotatable bonds is 5. The molecule has 2 aliphatic heterocycles. The molecule has 6 nitrogen and oxygen atoms in total. The van der Waals surface area contributed by atoms with Crippen LogP contribution in [0.1, 0.15) is 25.6 Å². The number of carbonyl (C=O) groups excluding carboxylic acids is 1. The number of aromatic nitrogens is 2. The maximum atomic E-state index is 13.3. The van der Waals surface area contributed by atoms with Gasteiger partial charge in [-0.25, -0.2) is 4.98 Å². The van der Waals surface area contributed by atoms with Crippen LogP contribution in [-0.4, -0.2) is 64.5 Å². The van der Waals surface area contributed by atoms with Crippen LogP contribution in [-0.2, 0) is 17.9 Å². The highest BCUT2D eigenvalue weighted by atomic mass is 16.2. The SMILES string of the molecule is CCn1c(CN2CCC[C@@H](C(=O)N3CCN(c4ccccc4)CC3)C2)nc2ccccc21. The summed E-state index contributed by atoms with van der Waals surface area (Å²) in [6, 6.07) is 18.9. The fourth-order valence-corrected chi connectivity index (χ4v) is 5.28. The van der Waals surface area contributed by atoms with Crippen LogP contribution in [0.2, 0.25) is 0 Å². The van der Waals surface area contributed by atoms with Crippen molar-refractivity contribution in [2.24, 2.45) is 5.92 Å². The Morgan fingerprint density at radius 2 is 1.72 bits per heavy atom. The Balaban J connectivity index is 1.20. The monoisotopic (exact) mass is 431 g/mol. The van der Waals surface area contributed by atoms with Crippen LogP contribution in [0.25, 0.3) is 11.0 Å². The van der Waals surface area contributed by atoms with Crippen LogP contribution in [0.4, 0.5) is 5.69 Å². The third kappa shape index (κ3) is 4.24. The van der Waals surface area contributed by atoms with Crippen molar-refractivity contribution in [3.8, 4) is 0 Å². The first-order chi connectivity index (χ1) is 15.7. The van der Waals surface area contributed by atoms with Gasteiger partial charge in [-0.3, -0.25) is 9.69 Å². The van der Waals surface area contributed by atoms with Crippen LogP contribution in [0.5, 0.6) is 0 Å². The van der Waals surface area contributed by atoms with E-state index >= 15 is 0 Å². The molecule has 0 aliphatic carbocycles. The average Bonchev–Trinajstić information content (AvgIpc) is 3.21. The lowest BCUT2D eigenvalue weighted by atomic mass is 9.96. The number of carbonyl (C=O) groups is 1. The Kier molecular flexibility index (Phi) is 6.12. The normalized spacial score (nSPS) is 20.1. The number of piperidine rings is 1. The van der Waals surface area contributed by atoms with E-state index in [1.807, 2.05) is 12.1 Å². The number of anilines is 1. The van der Waals surface area contributed by atoms with Gasteiger partial charge in [0.05, 0.1) is 23.5 Å². The van der Waals surface area contributed by atoms with E-state index in [4.69, 9.17) is 4.98 Å². The first-order valence-electron chi connectivity index (χ1n) is 12.0. The number of imidazole rings is 1. The van der Waals surface area contributed by atoms with Gasteiger partial charge in [-0.1, -0.05) is 30.3 Å². The second-order valence-corrected chi connectivity index (χ2v) is 8.98. The van der Waals surface area contributed by atoms with Crippen LogP contribution in [0.3, 0.4) is 0 Å². The maximum absolute atomic E-state index is 13.3. The molecule has 0 bridgehead atoms. The standard InChI is InChI=1S/C26H33N5O/c1-2-31-24-13-7-6-12-23(24)27-25(31)20-28-14-8-9-21(19-28)26(32)30-17-15-29(16-18-30)22-10-4-3-5-11-22/h3-7,10-13,21H,2,8-9,14-20H2,1H3/t21-/m1/s1. The van der Waals surface area contributed by atoms with Gasteiger partial charge in [-0.2, -0.15) is 0 Å². The van der Waals surface area contributed by atoms with Gasteiger partial charge in [0, 0.05) is 45.0 Å². The molecule has 1 aromatic heterocycles. The largest absolute Gasteiger partial charge is 0.368 e. The van der Waals surface area contributed by atoms with E-state index in [0.717, 1.165) is 76.5 Å². The molecule has 1 atom stereocenters. The number of fused-ring (bicyclic) bond motifs is 1. The third-order valence-electron chi connectivity index (χ3n) is 6.98. The fourth-order valence-electron chi connectivity index (χ4n) is 5.28. The zero-order valence-electron chi connectivity index (χ0n) is 19.0. The minimum absolute atomic E-state index is 0.103. The predicted molar refractivity (Wildman–Crippen MR) is 129 cm³/mol. The Morgan fingerprint density at radius 3 is 2.50 bits per heavy atom. The van der Waals surface area contributed by atoms with E-state index in [9.17, 15) is 4.79 Å². The number of aryl methyl sites for hydroxylation is 1. The molecule has 0 spiro atoms. The van der Waals surface area contributed by atoms with Gasteiger partial charge in [-0.05, 0) is 50.6 Å². The Bertz CT molecular complexity index is 1050. The summed E-state index contributed by atoms with van der Waals surface area (Å²) >= 11 is 0. The second-order valence-electron chi connectivity index (χ2n) is 8.98. The summed E-state index contributed by atoms with van der Waals surface area (Å²) in [5.41, 5.74) is 3.51. The van der Waals surface area contributed by atoms with Crippen molar-refractivity contribution in [2.45, 2.75) is 32.9 Å². The molecule has 3 aromatic rings. The van der Waals surface area contributed by atoms with E-state index in [2.05, 4.69) is 68.7 Å². The van der Waals surface area contributed by atoms with E-state index in [1.54, 1.807) is 0 Å². The lowest BCUT2D eigenvalue weighted by molar-refractivity contribution is -0.137. The maximum Gasteiger partial charge on any atom is 0.227 e. The van der Waals surface area contributed by atoms with Crippen molar-refractivity contribution < 1.29 is 4.79 Å². The quantitative estimate of drug-likeness (QED) is 0.619. The number of para-hydroxylation sites is 3. The molecular formula is C26H33N5O. The molecule has 2 saturated heterocycles. The van der Waals surface area contributed by atoms with E-state index < -0.39 is 0 Å².